The van der Waals surface area contributed by atoms with E-state index < -0.39 is 90.8 Å². The van der Waals surface area contributed by atoms with E-state index in [9.17, 15) is 28.8 Å². The summed E-state index contributed by atoms with van der Waals surface area (Å²) in [7, 11) is 2.17. The first-order valence-electron chi connectivity index (χ1n) is 11.9. The van der Waals surface area contributed by atoms with Crippen LogP contribution in [-0.2, 0) is 61.9 Å². The normalized spacial score (nSPS) is 24.3. The van der Waals surface area contributed by atoms with Crippen molar-refractivity contribution in [3.63, 3.8) is 0 Å². The second-order valence-corrected chi connectivity index (χ2v) is 9.58. The summed E-state index contributed by atoms with van der Waals surface area (Å²) in [5.74, 6) is -6.57. The van der Waals surface area contributed by atoms with E-state index in [1.165, 1.54) is 0 Å². The van der Waals surface area contributed by atoms with Gasteiger partial charge < -0.3 is 43.2 Å². The molecule has 1 saturated heterocycles. The number of methoxy groups -OCH3 is 2. The molecular weight excluding hydrogens is 526 g/mol. The third-order valence-electron chi connectivity index (χ3n) is 5.14. The number of carbonyl (C=O) groups excluding carboxylic acids is 6. The molecule has 15 heteroatoms. The van der Waals surface area contributed by atoms with Crippen LogP contribution in [0.5, 0.6) is 0 Å². The van der Waals surface area contributed by atoms with Crippen LogP contribution in [0.3, 0.4) is 0 Å². The molecule has 0 saturated carbocycles. The Bertz CT molecular complexity index is 928. The first-order chi connectivity index (χ1) is 17.9. The van der Waals surface area contributed by atoms with Gasteiger partial charge in [-0.2, -0.15) is 0 Å². The molecule has 0 aromatic heterocycles. The molecule has 1 aliphatic heterocycles. The highest BCUT2D eigenvalue weighted by molar-refractivity contribution is 5.78. The van der Waals surface area contributed by atoms with Crippen molar-refractivity contribution in [2.24, 2.45) is 0 Å². The van der Waals surface area contributed by atoms with E-state index in [4.69, 9.17) is 37.9 Å². The third kappa shape index (κ3) is 10.3. The molecule has 1 heterocycles. The molecule has 1 amide bonds. The zero-order valence-corrected chi connectivity index (χ0v) is 23.5. The quantitative estimate of drug-likeness (QED) is 0.286. The van der Waals surface area contributed by atoms with Crippen LogP contribution in [0.4, 0.5) is 4.79 Å². The highest BCUT2D eigenvalue weighted by Crippen LogP contribution is 2.36. The van der Waals surface area contributed by atoms with Crippen LogP contribution in [-0.4, -0.2) is 98.6 Å². The fourth-order valence-electron chi connectivity index (χ4n) is 3.82. The summed E-state index contributed by atoms with van der Waals surface area (Å²) in [6.07, 6.45) is -7.58. The fraction of sp³-hybridized carbons (Fsp3) is 0.750. The predicted molar refractivity (Wildman–Crippen MR) is 128 cm³/mol. The smallest absolute Gasteiger partial charge is 0.408 e. The molecule has 0 aromatic rings. The molecule has 39 heavy (non-hydrogen) atoms. The lowest BCUT2D eigenvalue weighted by atomic mass is 9.88. The largest absolute Gasteiger partial charge is 0.465 e. The van der Waals surface area contributed by atoms with E-state index in [1.807, 2.05) is 0 Å². The van der Waals surface area contributed by atoms with Crippen LogP contribution in [0.2, 0.25) is 0 Å². The second kappa shape index (κ2) is 14.1. The van der Waals surface area contributed by atoms with Gasteiger partial charge in [0.1, 0.15) is 24.4 Å². The topological polar surface area (TPSA) is 188 Å². The second-order valence-electron chi connectivity index (χ2n) is 9.58. The number of ether oxygens (including phenoxy) is 8. The summed E-state index contributed by atoms with van der Waals surface area (Å²) >= 11 is 0. The lowest BCUT2D eigenvalue weighted by Crippen LogP contribution is -2.69. The number of carbonyl (C=O) groups is 6. The molecule has 0 aromatic carbocycles. The van der Waals surface area contributed by atoms with Gasteiger partial charge in [-0.1, -0.05) is 0 Å². The van der Waals surface area contributed by atoms with E-state index >= 15 is 0 Å². The first kappa shape index (κ1) is 33.6. The maximum Gasteiger partial charge on any atom is 0.408 e. The maximum atomic E-state index is 12.8. The average Bonchev–Trinajstić information content (AvgIpc) is 2.78. The standard InChI is InChI=1S/C24H37NO14/c1-12(26)34-11-17(36-14(3)28)19(37-15(4)29)20-18(25-22(31)39-23(5,6)7)16(35-13(2)27)10-24(33-9,38-20)21(30)32-8/h16-20H,10-11H2,1-9H3,(H,25,31)/t16-,17+,18+,19+,20+,24+/m0/s1. The number of esters is 5. The van der Waals surface area contributed by atoms with E-state index in [1.54, 1.807) is 20.8 Å². The van der Waals surface area contributed by atoms with E-state index in [0.29, 0.717) is 0 Å². The third-order valence-corrected chi connectivity index (χ3v) is 5.14. The van der Waals surface area contributed by atoms with Gasteiger partial charge in [-0.25, -0.2) is 9.59 Å². The van der Waals surface area contributed by atoms with Crippen molar-refractivity contribution >= 4 is 35.9 Å². The Morgan fingerprint density at radius 2 is 1.51 bits per heavy atom. The minimum Gasteiger partial charge on any atom is -0.465 e. The van der Waals surface area contributed by atoms with Gasteiger partial charge in [0.2, 0.25) is 0 Å². The molecule has 0 aliphatic carbocycles. The molecule has 0 spiro atoms. The van der Waals surface area contributed by atoms with Gasteiger partial charge in [-0.15, -0.1) is 0 Å². The number of hydrogen-bond acceptors (Lipinski definition) is 14. The molecule has 1 rings (SSSR count). The number of amides is 1. The molecule has 6 atom stereocenters. The lowest BCUT2D eigenvalue weighted by Gasteiger charge is -2.48. The molecule has 0 unspecified atom stereocenters. The van der Waals surface area contributed by atoms with Gasteiger partial charge in [-0.3, -0.25) is 19.2 Å². The minimum absolute atomic E-state index is 0.471. The van der Waals surface area contributed by atoms with Crippen molar-refractivity contribution in [1.82, 2.24) is 5.32 Å². The molecule has 0 radical (unpaired) electrons. The van der Waals surface area contributed by atoms with E-state index in [0.717, 1.165) is 41.9 Å². The van der Waals surface area contributed by atoms with Gasteiger partial charge in [-0.05, 0) is 20.8 Å². The van der Waals surface area contributed by atoms with Crippen LogP contribution in [0.25, 0.3) is 0 Å². The van der Waals surface area contributed by atoms with E-state index in [-0.39, 0.29) is 0 Å². The number of alkyl carbamates (subject to hydrolysis) is 1. The molecule has 15 nitrogen and oxygen atoms in total. The van der Waals surface area contributed by atoms with Crippen molar-refractivity contribution in [3.05, 3.63) is 0 Å². The summed E-state index contributed by atoms with van der Waals surface area (Å²) in [5.41, 5.74) is -0.945. The van der Waals surface area contributed by atoms with E-state index in [2.05, 4.69) is 5.32 Å². The SMILES string of the molecule is COC(=O)[C@@]1(OC)C[C@H](OC(C)=O)[C@@H](NC(=O)OC(C)(C)C)[C@H]([C@H](OC(C)=O)[C@@H](COC(C)=O)OC(C)=O)O1. The molecule has 222 valence electrons. The van der Waals surface area contributed by atoms with Crippen molar-refractivity contribution < 1.29 is 66.7 Å². The average molecular weight is 564 g/mol. The Morgan fingerprint density at radius 3 is 1.95 bits per heavy atom. The van der Waals surface area contributed by atoms with Crippen LogP contribution in [0.15, 0.2) is 0 Å². The Labute approximate surface area is 226 Å². The van der Waals surface area contributed by atoms with Crippen LogP contribution >= 0.6 is 0 Å². The molecule has 0 bridgehead atoms. The van der Waals surface area contributed by atoms with Crippen LogP contribution in [0, 0.1) is 0 Å². The van der Waals surface area contributed by atoms with Gasteiger partial charge in [0.15, 0.2) is 12.2 Å². The number of rotatable bonds is 10. The molecule has 1 aliphatic rings. The van der Waals surface area contributed by atoms with Crippen LogP contribution < -0.4 is 5.32 Å². The highest BCUT2D eigenvalue weighted by atomic mass is 16.7. The number of hydrogen-bond donors (Lipinski definition) is 1. The van der Waals surface area contributed by atoms with Crippen molar-refractivity contribution in [2.45, 2.75) is 96.7 Å². The predicted octanol–water partition coefficient (Wildman–Crippen LogP) is 0.543. The maximum absolute atomic E-state index is 12.8. The zero-order valence-electron chi connectivity index (χ0n) is 23.5. The highest BCUT2D eigenvalue weighted by Gasteiger charge is 2.59. The van der Waals surface area contributed by atoms with Crippen molar-refractivity contribution in [2.75, 3.05) is 20.8 Å². The Morgan fingerprint density at radius 1 is 0.923 bits per heavy atom. The first-order valence-corrected chi connectivity index (χ1v) is 11.9. The summed E-state index contributed by atoms with van der Waals surface area (Å²) in [6, 6.07) is -1.38. The van der Waals surface area contributed by atoms with Gasteiger partial charge >= 0.3 is 35.9 Å². The molecular formula is C24H37NO14. The zero-order chi connectivity index (χ0) is 30.1. The summed E-state index contributed by atoms with van der Waals surface area (Å²) < 4.78 is 42.6. The Hall–Kier alpha value is -3.46. The Balaban J connectivity index is 3.80. The van der Waals surface area contributed by atoms with Crippen LogP contribution in [0.1, 0.15) is 54.9 Å². The van der Waals surface area contributed by atoms with Crippen molar-refractivity contribution in [1.29, 1.82) is 0 Å². The van der Waals surface area contributed by atoms with Gasteiger partial charge in [0, 0.05) is 34.8 Å². The minimum atomic E-state index is -2.23. The summed E-state index contributed by atoms with van der Waals surface area (Å²) in [4.78, 5) is 73.3. The molecule has 1 fully saturated rings. The lowest BCUT2D eigenvalue weighted by molar-refractivity contribution is -0.307. The summed E-state index contributed by atoms with van der Waals surface area (Å²) in [6.45, 7) is 8.49. The van der Waals surface area contributed by atoms with Crippen molar-refractivity contribution in [3.8, 4) is 0 Å². The molecule has 1 N–H and O–H groups in total. The Kier molecular flexibility index (Phi) is 12.1. The fourth-order valence-corrected chi connectivity index (χ4v) is 3.82. The monoisotopic (exact) mass is 563 g/mol. The van der Waals surface area contributed by atoms with Gasteiger partial charge in [0.25, 0.3) is 5.79 Å². The van der Waals surface area contributed by atoms with Gasteiger partial charge in [0.05, 0.1) is 19.6 Å². The summed E-state index contributed by atoms with van der Waals surface area (Å²) in [5, 5.41) is 2.52. The number of nitrogens with one attached hydrogen (secondary N) is 1.